The second kappa shape index (κ2) is 9.34. The SMILES string of the molecule is O=C(O)NC1CCC(c2ncc(-c3ccc(Nc4cccnc4)cc3S(=O)(=O)C3CC3)s2)CC1. The lowest BCUT2D eigenvalue weighted by molar-refractivity contribution is 0.185. The number of pyridine rings is 1. The van der Waals surface area contributed by atoms with E-state index in [0.29, 0.717) is 29.0 Å². The maximum atomic E-state index is 13.3. The van der Waals surface area contributed by atoms with E-state index >= 15 is 0 Å². The third-order valence-electron chi connectivity index (χ3n) is 6.39. The summed E-state index contributed by atoms with van der Waals surface area (Å²) in [7, 11) is -3.43. The van der Waals surface area contributed by atoms with Gasteiger partial charge < -0.3 is 15.7 Å². The van der Waals surface area contributed by atoms with Crippen LogP contribution >= 0.6 is 11.3 Å². The Labute approximate surface area is 202 Å². The molecule has 3 aromatic rings. The molecule has 2 fully saturated rings. The molecule has 2 aromatic heterocycles. The molecule has 3 N–H and O–H groups in total. The van der Waals surface area contributed by atoms with E-state index in [1.54, 1.807) is 24.7 Å². The Morgan fingerprint density at radius 1 is 1.03 bits per heavy atom. The van der Waals surface area contributed by atoms with Crippen LogP contribution < -0.4 is 10.6 Å². The van der Waals surface area contributed by atoms with Crippen LogP contribution in [0.25, 0.3) is 10.4 Å². The number of hydrogen-bond donors (Lipinski definition) is 3. The van der Waals surface area contributed by atoms with Crippen LogP contribution in [0.4, 0.5) is 16.2 Å². The summed E-state index contributed by atoms with van der Waals surface area (Å²) in [5.74, 6) is 0.264. The Kier molecular flexibility index (Phi) is 6.26. The molecule has 8 nitrogen and oxygen atoms in total. The van der Waals surface area contributed by atoms with E-state index in [1.807, 2.05) is 24.3 Å². The molecule has 0 saturated heterocycles. The second-order valence-electron chi connectivity index (χ2n) is 8.88. The summed E-state index contributed by atoms with van der Waals surface area (Å²) < 4.78 is 26.6. The van der Waals surface area contributed by atoms with Crippen LogP contribution in [-0.4, -0.2) is 40.9 Å². The summed E-state index contributed by atoms with van der Waals surface area (Å²) in [6.45, 7) is 0. The maximum Gasteiger partial charge on any atom is 0.404 e. The lowest BCUT2D eigenvalue weighted by Crippen LogP contribution is -2.36. The van der Waals surface area contributed by atoms with Crippen molar-refractivity contribution in [2.45, 2.75) is 60.6 Å². The number of amides is 1. The van der Waals surface area contributed by atoms with Crippen molar-refractivity contribution in [2.24, 2.45) is 0 Å². The van der Waals surface area contributed by atoms with Gasteiger partial charge in [-0.25, -0.2) is 18.2 Å². The molecule has 1 amide bonds. The van der Waals surface area contributed by atoms with E-state index in [0.717, 1.165) is 41.3 Å². The van der Waals surface area contributed by atoms with Crippen LogP contribution in [0.5, 0.6) is 0 Å². The standard InChI is InChI=1S/C24H26N4O4S2/c29-24(30)28-16-5-3-15(4-6-16)23-26-14-21(33-23)20-10-7-17(27-18-2-1-11-25-13-18)12-22(20)34(31,32)19-8-9-19/h1-2,7,10-16,19,27-28H,3-6,8-9H2,(H,29,30). The van der Waals surface area contributed by atoms with Gasteiger partial charge in [0, 0.05) is 35.6 Å². The molecule has 10 heteroatoms. The largest absolute Gasteiger partial charge is 0.465 e. The molecule has 2 aliphatic rings. The molecule has 0 spiro atoms. The summed E-state index contributed by atoms with van der Waals surface area (Å²) in [6.07, 6.45) is 8.85. The van der Waals surface area contributed by atoms with Crippen LogP contribution in [0.2, 0.25) is 0 Å². The number of nitrogens with one attached hydrogen (secondary N) is 2. The minimum atomic E-state index is -3.43. The molecular formula is C24H26N4O4S2. The van der Waals surface area contributed by atoms with E-state index in [-0.39, 0.29) is 17.2 Å². The third-order valence-corrected chi connectivity index (χ3v) is 9.89. The first-order chi connectivity index (χ1) is 16.4. The Bertz CT molecular complexity index is 1280. The van der Waals surface area contributed by atoms with Crippen molar-refractivity contribution in [3.63, 3.8) is 0 Å². The fourth-order valence-electron chi connectivity index (χ4n) is 4.46. The molecule has 2 saturated carbocycles. The number of carboxylic acid groups (broad SMARTS) is 1. The summed E-state index contributed by atoms with van der Waals surface area (Å²) in [6, 6.07) is 9.16. The normalized spacial score (nSPS) is 20.6. The van der Waals surface area contributed by atoms with E-state index < -0.39 is 15.9 Å². The van der Waals surface area contributed by atoms with Crippen molar-refractivity contribution in [3.8, 4) is 10.4 Å². The molecule has 0 atom stereocenters. The molecule has 1 aromatic carbocycles. The Morgan fingerprint density at radius 3 is 2.50 bits per heavy atom. The van der Waals surface area contributed by atoms with Gasteiger partial charge in [-0.15, -0.1) is 11.3 Å². The number of nitrogens with zero attached hydrogens (tertiary/aromatic N) is 2. The summed E-state index contributed by atoms with van der Waals surface area (Å²) in [5, 5.41) is 15.4. The molecule has 178 valence electrons. The van der Waals surface area contributed by atoms with Gasteiger partial charge in [-0.2, -0.15) is 0 Å². The average Bonchev–Trinajstić information content (AvgIpc) is 3.58. The predicted octanol–water partition coefficient (Wildman–Crippen LogP) is 5.18. The van der Waals surface area contributed by atoms with Crippen molar-refractivity contribution in [1.29, 1.82) is 0 Å². The quantitative estimate of drug-likeness (QED) is 0.410. The minimum absolute atomic E-state index is 0.0108. The fourth-order valence-corrected chi connectivity index (χ4v) is 7.54. The second-order valence-corrected chi connectivity index (χ2v) is 12.1. The Morgan fingerprint density at radius 2 is 1.82 bits per heavy atom. The molecule has 2 aliphatic carbocycles. The average molecular weight is 499 g/mol. The van der Waals surface area contributed by atoms with Gasteiger partial charge in [-0.05, 0) is 62.8 Å². The monoisotopic (exact) mass is 498 g/mol. The van der Waals surface area contributed by atoms with E-state index in [4.69, 9.17) is 5.11 Å². The highest BCUT2D eigenvalue weighted by Crippen LogP contribution is 2.43. The smallest absolute Gasteiger partial charge is 0.404 e. The van der Waals surface area contributed by atoms with Gasteiger partial charge in [0.05, 0.1) is 31.9 Å². The number of aromatic nitrogens is 2. The summed E-state index contributed by atoms with van der Waals surface area (Å²) in [4.78, 5) is 20.8. The van der Waals surface area contributed by atoms with E-state index in [1.165, 1.54) is 11.3 Å². The number of anilines is 2. The van der Waals surface area contributed by atoms with Gasteiger partial charge in [0.15, 0.2) is 9.84 Å². The highest BCUT2D eigenvalue weighted by Gasteiger charge is 2.38. The zero-order valence-corrected chi connectivity index (χ0v) is 20.1. The fraction of sp³-hybridized carbons (Fsp3) is 0.375. The predicted molar refractivity (Wildman–Crippen MR) is 131 cm³/mol. The van der Waals surface area contributed by atoms with Gasteiger partial charge in [-0.1, -0.05) is 6.07 Å². The van der Waals surface area contributed by atoms with Crippen LogP contribution in [0.3, 0.4) is 0 Å². The van der Waals surface area contributed by atoms with E-state index in [9.17, 15) is 13.2 Å². The van der Waals surface area contributed by atoms with Gasteiger partial charge >= 0.3 is 6.09 Å². The Balaban J connectivity index is 1.41. The highest BCUT2D eigenvalue weighted by molar-refractivity contribution is 7.92. The number of carbonyl (C=O) groups is 1. The first-order valence-corrected chi connectivity index (χ1v) is 13.8. The van der Waals surface area contributed by atoms with E-state index in [2.05, 4.69) is 20.6 Å². The molecule has 0 bridgehead atoms. The van der Waals surface area contributed by atoms with Crippen molar-refractivity contribution in [1.82, 2.24) is 15.3 Å². The van der Waals surface area contributed by atoms with Crippen molar-refractivity contribution in [2.75, 3.05) is 5.32 Å². The minimum Gasteiger partial charge on any atom is -0.465 e. The van der Waals surface area contributed by atoms with Crippen molar-refractivity contribution >= 4 is 38.6 Å². The molecule has 0 radical (unpaired) electrons. The third kappa shape index (κ3) is 4.92. The number of sulfone groups is 1. The van der Waals surface area contributed by atoms with Gasteiger partial charge in [0.2, 0.25) is 0 Å². The summed E-state index contributed by atoms with van der Waals surface area (Å²) >= 11 is 1.54. The van der Waals surface area contributed by atoms with Gasteiger partial charge in [0.1, 0.15) is 0 Å². The lowest BCUT2D eigenvalue weighted by Gasteiger charge is -2.27. The number of rotatable bonds is 7. The number of benzene rings is 1. The molecule has 0 aliphatic heterocycles. The zero-order valence-electron chi connectivity index (χ0n) is 18.5. The van der Waals surface area contributed by atoms with Crippen LogP contribution in [0.15, 0.2) is 53.8 Å². The first kappa shape index (κ1) is 22.8. The molecule has 0 unspecified atom stereocenters. The Hall–Kier alpha value is -2.98. The van der Waals surface area contributed by atoms with Crippen LogP contribution in [0, 0.1) is 0 Å². The topological polar surface area (TPSA) is 121 Å². The van der Waals surface area contributed by atoms with Crippen molar-refractivity contribution in [3.05, 3.63) is 53.9 Å². The van der Waals surface area contributed by atoms with Gasteiger partial charge in [0.25, 0.3) is 0 Å². The lowest BCUT2D eigenvalue weighted by atomic mass is 9.86. The molecular weight excluding hydrogens is 472 g/mol. The maximum absolute atomic E-state index is 13.3. The van der Waals surface area contributed by atoms with Crippen LogP contribution in [-0.2, 0) is 9.84 Å². The molecule has 2 heterocycles. The van der Waals surface area contributed by atoms with Crippen LogP contribution in [0.1, 0.15) is 49.5 Å². The van der Waals surface area contributed by atoms with Crippen molar-refractivity contribution < 1.29 is 18.3 Å². The van der Waals surface area contributed by atoms with Gasteiger partial charge in [-0.3, -0.25) is 4.98 Å². The number of thiazole rings is 1. The molecule has 5 rings (SSSR count). The molecule has 34 heavy (non-hydrogen) atoms. The summed E-state index contributed by atoms with van der Waals surface area (Å²) in [5.41, 5.74) is 2.18. The number of hydrogen-bond acceptors (Lipinski definition) is 7. The highest BCUT2D eigenvalue weighted by atomic mass is 32.2. The zero-order chi connectivity index (χ0) is 23.7. The first-order valence-electron chi connectivity index (χ1n) is 11.4.